The molecule has 0 aliphatic carbocycles. The fourth-order valence-corrected chi connectivity index (χ4v) is 10.2. The number of esters is 2. The van der Waals surface area contributed by atoms with Gasteiger partial charge < -0.3 is 27.9 Å². The molecule has 0 aliphatic heterocycles. The molecular formula is C74H130NO8P. The molecule has 0 saturated carbocycles. The van der Waals surface area contributed by atoms with Crippen molar-refractivity contribution in [3.8, 4) is 0 Å². The number of nitrogens with zero attached hydrogens (tertiary/aromatic N) is 1. The Bertz CT molecular complexity index is 1790. The number of allylic oxidation sites excluding steroid dienone is 18. The van der Waals surface area contributed by atoms with Gasteiger partial charge in [0.2, 0.25) is 0 Å². The van der Waals surface area contributed by atoms with Crippen LogP contribution in [0.25, 0.3) is 0 Å². The molecule has 84 heavy (non-hydrogen) atoms. The van der Waals surface area contributed by atoms with E-state index in [9.17, 15) is 19.0 Å². The lowest BCUT2D eigenvalue weighted by atomic mass is 10.0. The summed E-state index contributed by atoms with van der Waals surface area (Å²) in [7, 11) is 1.13. The van der Waals surface area contributed by atoms with E-state index in [1.807, 2.05) is 21.1 Å². The van der Waals surface area contributed by atoms with Crippen LogP contribution >= 0.6 is 7.82 Å². The molecule has 0 spiro atoms. The maximum Gasteiger partial charge on any atom is 0.306 e. The van der Waals surface area contributed by atoms with Crippen LogP contribution in [-0.4, -0.2) is 70.0 Å². The number of carbonyl (C=O) groups is 2. The Morgan fingerprint density at radius 1 is 0.381 bits per heavy atom. The smallest absolute Gasteiger partial charge is 0.306 e. The Kier molecular flexibility index (Phi) is 61.6. The summed E-state index contributed by atoms with van der Waals surface area (Å²) in [4.78, 5) is 38.0. The quantitative estimate of drug-likeness (QED) is 0.0195. The van der Waals surface area contributed by atoms with E-state index in [4.69, 9.17) is 18.5 Å². The SMILES string of the molecule is CC/C=C\C/C=C\C/C=C\C/C=C\C/C=C\C/C=C\C/C=C\C/C=C\CCCCC(=O)OC(COC(=O)CCCCCCCCCCCCCCCCCCCCCCC/C=C\CCCCCCCCCC)COP(=O)([O-])OCC[N+](C)(C)C. The molecule has 0 aliphatic rings. The zero-order valence-corrected chi connectivity index (χ0v) is 56.0. The van der Waals surface area contributed by atoms with Crippen molar-refractivity contribution in [2.24, 2.45) is 0 Å². The third kappa shape index (κ3) is 67.8. The van der Waals surface area contributed by atoms with Crippen molar-refractivity contribution in [3.63, 3.8) is 0 Å². The third-order valence-electron chi connectivity index (χ3n) is 14.8. The van der Waals surface area contributed by atoms with Crippen LogP contribution < -0.4 is 4.89 Å². The molecule has 0 bridgehead atoms. The van der Waals surface area contributed by atoms with Crippen molar-refractivity contribution in [3.05, 3.63) is 109 Å². The summed E-state index contributed by atoms with van der Waals surface area (Å²) in [6.07, 6.45) is 90.4. The standard InChI is InChI=1S/C74H130NO8P/c1-6-8-10-12-14-16-18-20-22-24-26-28-30-32-34-35-36-37-38-39-41-42-44-46-48-50-52-54-56-58-60-62-64-66-73(76)80-70-72(71-82-84(78,79)81-69-68-75(3,4)5)83-74(77)67-65-63-61-59-57-55-53-51-49-47-45-43-40-33-31-29-27-25-23-21-19-17-15-13-11-9-7-2/h9,11,15,17,21,23-24,26-27,29,33,40,45,47,51,53,57,59,72H,6-8,10,12-14,16,18-20,22,25,28,30-32,34-39,41-44,46,48-50,52,54-56,58,60-71H2,1-5H3/b11-9-,17-15-,23-21-,26-24-,29-27-,40-33-,47-45-,53-51-,59-57-. The first kappa shape index (κ1) is 80.7. The van der Waals surface area contributed by atoms with Crippen LogP contribution in [0.5, 0.6) is 0 Å². The highest BCUT2D eigenvalue weighted by molar-refractivity contribution is 7.45. The molecule has 9 nitrogen and oxygen atoms in total. The summed E-state index contributed by atoms with van der Waals surface area (Å²) < 4.78 is 34.2. The average Bonchev–Trinajstić information content (AvgIpc) is 3.61. The summed E-state index contributed by atoms with van der Waals surface area (Å²) in [5.41, 5.74) is 0. The number of ether oxygens (including phenoxy) is 2. The first-order valence-corrected chi connectivity index (χ1v) is 36.1. The van der Waals surface area contributed by atoms with E-state index in [0.29, 0.717) is 17.4 Å². The maximum absolute atomic E-state index is 12.8. The van der Waals surface area contributed by atoms with Gasteiger partial charge >= 0.3 is 11.9 Å². The van der Waals surface area contributed by atoms with E-state index in [2.05, 4.69) is 123 Å². The predicted molar refractivity (Wildman–Crippen MR) is 360 cm³/mol. The van der Waals surface area contributed by atoms with Crippen molar-refractivity contribution in [1.82, 2.24) is 0 Å². The number of hydrogen-bond acceptors (Lipinski definition) is 8. The zero-order chi connectivity index (χ0) is 61.2. The van der Waals surface area contributed by atoms with Gasteiger partial charge in [0.1, 0.15) is 19.8 Å². The molecule has 0 N–H and O–H groups in total. The van der Waals surface area contributed by atoms with E-state index in [-0.39, 0.29) is 26.1 Å². The number of quaternary nitrogens is 1. The van der Waals surface area contributed by atoms with Gasteiger partial charge in [-0.15, -0.1) is 0 Å². The van der Waals surface area contributed by atoms with Crippen LogP contribution in [0.1, 0.15) is 296 Å². The lowest BCUT2D eigenvalue weighted by molar-refractivity contribution is -0.870. The molecule has 0 aromatic rings. The molecule has 0 aromatic carbocycles. The number of hydrogen-bond donors (Lipinski definition) is 0. The minimum atomic E-state index is -4.66. The molecule has 0 saturated heterocycles. The molecule has 0 amide bonds. The summed E-state index contributed by atoms with van der Waals surface area (Å²) in [5.74, 6) is -0.882. The Morgan fingerprint density at radius 3 is 1.05 bits per heavy atom. The van der Waals surface area contributed by atoms with Crippen LogP contribution in [0.15, 0.2) is 109 Å². The Labute approximate surface area is 518 Å². The third-order valence-corrected chi connectivity index (χ3v) is 15.7. The molecule has 0 rings (SSSR count). The van der Waals surface area contributed by atoms with Gasteiger partial charge in [0.15, 0.2) is 6.10 Å². The van der Waals surface area contributed by atoms with Gasteiger partial charge in [-0.1, -0.05) is 290 Å². The molecular weight excluding hydrogens is 1060 g/mol. The van der Waals surface area contributed by atoms with E-state index in [0.717, 1.165) is 83.5 Å². The lowest BCUT2D eigenvalue weighted by Crippen LogP contribution is -2.37. The topological polar surface area (TPSA) is 111 Å². The Balaban J connectivity index is 4.11. The van der Waals surface area contributed by atoms with Crippen LogP contribution in [0, 0.1) is 0 Å². The number of likely N-dealkylation sites (N-methyl/N-ethyl adjacent to an activating group) is 1. The van der Waals surface area contributed by atoms with Gasteiger partial charge in [0, 0.05) is 12.8 Å². The molecule has 484 valence electrons. The van der Waals surface area contributed by atoms with Crippen LogP contribution in [0.4, 0.5) is 0 Å². The molecule has 2 unspecified atom stereocenters. The predicted octanol–water partition coefficient (Wildman–Crippen LogP) is 21.9. The fourth-order valence-electron chi connectivity index (χ4n) is 9.49. The zero-order valence-electron chi connectivity index (χ0n) is 55.1. The van der Waals surface area contributed by atoms with Gasteiger partial charge in [-0.05, 0) is 103 Å². The van der Waals surface area contributed by atoms with Gasteiger partial charge in [-0.2, -0.15) is 0 Å². The minimum absolute atomic E-state index is 0.0440. The van der Waals surface area contributed by atoms with Crippen LogP contribution in [-0.2, 0) is 32.7 Å². The molecule has 2 atom stereocenters. The molecule has 0 fully saturated rings. The van der Waals surface area contributed by atoms with E-state index >= 15 is 0 Å². The maximum atomic E-state index is 12.8. The molecule has 10 heteroatoms. The van der Waals surface area contributed by atoms with Crippen molar-refractivity contribution >= 4 is 19.8 Å². The van der Waals surface area contributed by atoms with Crippen molar-refractivity contribution < 1.29 is 42.1 Å². The molecule has 0 radical (unpaired) electrons. The number of phosphoric ester groups is 1. The normalized spacial score (nSPS) is 13.8. The van der Waals surface area contributed by atoms with Gasteiger partial charge in [-0.25, -0.2) is 0 Å². The fraction of sp³-hybridized carbons (Fsp3) is 0.730. The Morgan fingerprint density at radius 2 is 0.679 bits per heavy atom. The van der Waals surface area contributed by atoms with Crippen molar-refractivity contribution in [2.45, 2.75) is 302 Å². The van der Waals surface area contributed by atoms with Crippen molar-refractivity contribution in [2.75, 3.05) is 47.5 Å². The largest absolute Gasteiger partial charge is 0.756 e. The summed E-state index contributed by atoms with van der Waals surface area (Å²) in [5, 5.41) is 0. The lowest BCUT2D eigenvalue weighted by Gasteiger charge is -2.28. The van der Waals surface area contributed by atoms with E-state index in [1.54, 1.807) is 0 Å². The van der Waals surface area contributed by atoms with Crippen LogP contribution in [0.2, 0.25) is 0 Å². The highest BCUT2D eigenvalue weighted by Gasteiger charge is 2.22. The monoisotopic (exact) mass is 1190 g/mol. The number of unbranched alkanes of at least 4 members (excludes halogenated alkanes) is 31. The second-order valence-electron chi connectivity index (χ2n) is 24.2. The molecule has 0 aromatic heterocycles. The first-order valence-electron chi connectivity index (χ1n) is 34.6. The van der Waals surface area contributed by atoms with Gasteiger partial charge in [0.25, 0.3) is 7.82 Å². The van der Waals surface area contributed by atoms with Gasteiger partial charge in [0.05, 0.1) is 27.7 Å². The Hall–Kier alpha value is -3.33. The minimum Gasteiger partial charge on any atom is -0.756 e. The summed E-state index contributed by atoms with van der Waals surface area (Å²) >= 11 is 0. The summed E-state index contributed by atoms with van der Waals surface area (Å²) in [6, 6.07) is 0. The van der Waals surface area contributed by atoms with Crippen molar-refractivity contribution in [1.29, 1.82) is 0 Å². The summed E-state index contributed by atoms with van der Waals surface area (Å²) in [6.45, 7) is 4.09. The van der Waals surface area contributed by atoms with Gasteiger partial charge in [-0.3, -0.25) is 14.2 Å². The number of carbonyl (C=O) groups excluding carboxylic acids is 2. The number of rotatable bonds is 63. The second-order valence-corrected chi connectivity index (χ2v) is 25.6. The molecule has 0 heterocycles. The first-order chi connectivity index (χ1) is 41.0. The average molecular weight is 1190 g/mol. The van der Waals surface area contributed by atoms with E-state index in [1.165, 1.54) is 180 Å². The highest BCUT2D eigenvalue weighted by Crippen LogP contribution is 2.38. The van der Waals surface area contributed by atoms with E-state index < -0.39 is 32.5 Å². The highest BCUT2D eigenvalue weighted by atomic mass is 31.2. The second kappa shape index (κ2) is 64.2. The van der Waals surface area contributed by atoms with Crippen LogP contribution in [0.3, 0.4) is 0 Å². The number of phosphoric acid groups is 1.